The molecular weight excluding hydrogens is 316 g/mol. The highest BCUT2D eigenvalue weighted by Crippen LogP contribution is 2.30. The first kappa shape index (κ1) is 15.4. The molecule has 0 unspecified atom stereocenters. The van der Waals surface area contributed by atoms with Crippen molar-refractivity contribution in [3.05, 3.63) is 27.0 Å². The third-order valence-electron chi connectivity index (χ3n) is 2.61. The molecule has 0 aliphatic rings. The predicted octanol–water partition coefficient (Wildman–Crippen LogP) is 2.03. The van der Waals surface area contributed by atoms with Gasteiger partial charge in [-0.2, -0.15) is 0 Å². The van der Waals surface area contributed by atoms with Crippen molar-refractivity contribution in [2.45, 2.75) is 13.8 Å². The lowest BCUT2D eigenvalue weighted by Crippen LogP contribution is -2.35. The molecule has 1 aromatic heterocycles. The molecule has 0 atom stereocenters. The van der Waals surface area contributed by atoms with Crippen molar-refractivity contribution in [3.63, 3.8) is 0 Å². The molecule has 8 heteroatoms. The van der Waals surface area contributed by atoms with Crippen LogP contribution in [0.25, 0.3) is 0 Å². The van der Waals surface area contributed by atoms with Gasteiger partial charge in [-0.3, -0.25) is 19.9 Å². The Labute approximate surface area is 119 Å². The minimum absolute atomic E-state index is 0.00509. The van der Waals surface area contributed by atoms with Crippen molar-refractivity contribution in [3.8, 4) is 0 Å². The third kappa shape index (κ3) is 3.88. The molecule has 0 saturated carbocycles. The zero-order chi connectivity index (χ0) is 14.4. The van der Waals surface area contributed by atoms with Crippen molar-refractivity contribution in [2.75, 3.05) is 25.0 Å². The van der Waals surface area contributed by atoms with Gasteiger partial charge in [-0.15, -0.1) is 0 Å². The van der Waals surface area contributed by atoms with E-state index in [0.717, 1.165) is 6.20 Å². The van der Waals surface area contributed by atoms with Crippen LogP contribution in [0.4, 0.5) is 11.4 Å². The number of nitrogens with one attached hydrogen (secondary N) is 1. The van der Waals surface area contributed by atoms with Crippen molar-refractivity contribution < 1.29 is 9.72 Å². The molecule has 0 spiro atoms. The summed E-state index contributed by atoms with van der Waals surface area (Å²) in [5.74, 6) is -0.108. The smallest absolute Gasteiger partial charge is 0.311 e. The molecule has 0 saturated heterocycles. The van der Waals surface area contributed by atoms with Crippen LogP contribution < -0.4 is 5.32 Å². The van der Waals surface area contributed by atoms with E-state index in [4.69, 9.17) is 0 Å². The van der Waals surface area contributed by atoms with Crippen LogP contribution >= 0.6 is 15.9 Å². The molecule has 0 bridgehead atoms. The summed E-state index contributed by atoms with van der Waals surface area (Å²) in [5.41, 5.74) is 0.0993. The number of carbonyl (C=O) groups excluding carboxylic acids is 1. The Morgan fingerprint density at radius 3 is 2.63 bits per heavy atom. The summed E-state index contributed by atoms with van der Waals surface area (Å²) >= 11 is 3.18. The molecule has 0 aliphatic heterocycles. The highest BCUT2D eigenvalue weighted by molar-refractivity contribution is 9.10. The Bertz CT molecular complexity index is 477. The van der Waals surface area contributed by atoms with E-state index in [2.05, 4.69) is 26.2 Å². The first-order valence-corrected chi connectivity index (χ1v) is 6.60. The number of halogens is 1. The number of nitrogens with zero attached hydrogens (tertiary/aromatic N) is 3. The largest absolute Gasteiger partial charge is 0.370 e. The van der Waals surface area contributed by atoms with Crippen LogP contribution in [0, 0.1) is 10.1 Å². The number of amides is 1. The number of aromatic nitrogens is 1. The standard InChI is InChI=1S/C11H15BrN4O3/c1-3-15(4-2)10(17)7-14-11-8(12)5-13-6-9(11)16(18)19/h5-6H,3-4,7H2,1-2H3,(H,13,14). The second kappa shape index (κ2) is 7.03. The number of hydrogen-bond acceptors (Lipinski definition) is 5. The molecule has 104 valence electrons. The Hall–Kier alpha value is -1.70. The first-order valence-electron chi connectivity index (χ1n) is 5.80. The molecule has 0 aliphatic carbocycles. The van der Waals surface area contributed by atoms with Gasteiger partial charge in [0, 0.05) is 19.3 Å². The summed E-state index contributed by atoms with van der Waals surface area (Å²) in [6.07, 6.45) is 2.59. The quantitative estimate of drug-likeness (QED) is 0.636. The number of carbonyl (C=O) groups is 1. The highest BCUT2D eigenvalue weighted by atomic mass is 79.9. The van der Waals surface area contributed by atoms with Crippen LogP contribution in [-0.4, -0.2) is 40.3 Å². The molecule has 1 N–H and O–H groups in total. The average molecular weight is 331 g/mol. The number of rotatable bonds is 6. The summed E-state index contributed by atoms with van der Waals surface area (Å²) < 4.78 is 0.453. The monoisotopic (exact) mass is 330 g/mol. The van der Waals surface area contributed by atoms with E-state index in [1.165, 1.54) is 6.20 Å². The fourth-order valence-corrected chi connectivity index (χ4v) is 2.05. The van der Waals surface area contributed by atoms with Crippen LogP contribution in [0.1, 0.15) is 13.8 Å². The molecule has 1 aromatic rings. The second-order valence-corrected chi connectivity index (χ2v) is 4.55. The molecule has 0 fully saturated rings. The minimum atomic E-state index is -0.540. The van der Waals surface area contributed by atoms with Crippen LogP contribution in [0.3, 0.4) is 0 Å². The van der Waals surface area contributed by atoms with Gasteiger partial charge in [-0.05, 0) is 29.8 Å². The van der Waals surface area contributed by atoms with Gasteiger partial charge in [0.25, 0.3) is 0 Å². The van der Waals surface area contributed by atoms with Gasteiger partial charge in [0.15, 0.2) is 0 Å². The highest BCUT2D eigenvalue weighted by Gasteiger charge is 2.18. The Morgan fingerprint density at radius 1 is 1.47 bits per heavy atom. The summed E-state index contributed by atoms with van der Waals surface area (Å²) in [6.45, 7) is 4.98. The van der Waals surface area contributed by atoms with E-state index < -0.39 is 4.92 Å². The van der Waals surface area contributed by atoms with Crippen LogP contribution in [0.15, 0.2) is 16.9 Å². The lowest BCUT2D eigenvalue weighted by molar-refractivity contribution is -0.384. The maximum atomic E-state index is 11.8. The van der Waals surface area contributed by atoms with Crippen molar-refractivity contribution >= 4 is 33.2 Å². The molecular formula is C11H15BrN4O3. The van der Waals surface area contributed by atoms with E-state index in [9.17, 15) is 14.9 Å². The summed E-state index contributed by atoms with van der Waals surface area (Å²) in [6, 6.07) is 0. The molecule has 19 heavy (non-hydrogen) atoms. The van der Waals surface area contributed by atoms with E-state index in [1.807, 2.05) is 13.8 Å². The first-order chi connectivity index (χ1) is 9.01. The van der Waals surface area contributed by atoms with Crippen molar-refractivity contribution in [2.24, 2.45) is 0 Å². The second-order valence-electron chi connectivity index (χ2n) is 3.69. The number of likely N-dealkylation sites (N-methyl/N-ethyl adjacent to an activating group) is 1. The molecule has 0 radical (unpaired) electrons. The normalized spacial score (nSPS) is 10.1. The number of hydrogen-bond donors (Lipinski definition) is 1. The minimum Gasteiger partial charge on any atom is -0.370 e. The lowest BCUT2D eigenvalue weighted by Gasteiger charge is -2.19. The maximum Gasteiger partial charge on any atom is 0.311 e. The van der Waals surface area contributed by atoms with Crippen LogP contribution in [0.5, 0.6) is 0 Å². The van der Waals surface area contributed by atoms with E-state index >= 15 is 0 Å². The zero-order valence-corrected chi connectivity index (χ0v) is 12.3. The summed E-state index contributed by atoms with van der Waals surface area (Å²) in [4.78, 5) is 27.6. The SMILES string of the molecule is CCN(CC)C(=O)CNc1c(Br)cncc1[N+](=O)[O-]. The zero-order valence-electron chi connectivity index (χ0n) is 10.7. The van der Waals surface area contributed by atoms with E-state index in [-0.39, 0.29) is 23.8 Å². The summed E-state index contributed by atoms with van der Waals surface area (Å²) in [5, 5.41) is 13.7. The number of nitro groups is 1. The Kier molecular flexibility index (Phi) is 5.68. The molecule has 1 rings (SSSR count). The predicted molar refractivity (Wildman–Crippen MR) is 75.0 cm³/mol. The third-order valence-corrected chi connectivity index (χ3v) is 3.21. The van der Waals surface area contributed by atoms with E-state index in [0.29, 0.717) is 17.6 Å². The number of pyridine rings is 1. The van der Waals surface area contributed by atoms with Gasteiger partial charge in [-0.25, -0.2) is 0 Å². The molecule has 7 nitrogen and oxygen atoms in total. The van der Waals surface area contributed by atoms with Gasteiger partial charge in [-0.1, -0.05) is 0 Å². The molecule has 1 amide bonds. The lowest BCUT2D eigenvalue weighted by atomic mass is 10.3. The van der Waals surface area contributed by atoms with Crippen molar-refractivity contribution in [1.82, 2.24) is 9.88 Å². The fourth-order valence-electron chi connectivity index (χ4n) is 1.59. The fraction of sp³-hybridized carbons (Fsp3) is 0.455. The van der Waals surface area contributed by atoms with E-state index in [1.54, 1.807) is 4.90 Å². The molecule has 0 aromatic carbocycles. The van der Waals surface area contributed by atoms with Gasteiger partial charge in [0.2, 0.25) is 5.91 Å². The maximum absolute atomic E-state index is 11.8. The van der Waals surface area contributed by atoms with Gasteiger partial charge < -0.3 is 10.2 Å². The number of anilines is 1. The van der Waals surface area contributed by atoms with Gasteiger partial charge in [0.05, 0.1) is 15.9 Å². The summed E-state index contributed by atoms with van der Waals surface area (Å²) in [7, 11) is 0. The van der Waals surface area contributed by atoms with Gasteiger partial charge in [0.1, 0.15) is 11.9 Å². The average Bonchev–Trinajstić information content (AvgIpc) is 2.38. The van der Waals surface area contributed by atoms with Crippen LogP contribution in [-0.2, 0) is 4.79 Å². The Morgan fingerprint density at radius 2 is 2.11 bits per heavy atom. The Balaban J connectivity index is 2.83. The van der Waals surface area contributed by atoms with Crippen LogP contribution in [0.2, 0.25) is 0 Å². The molecule has 1 heterocycles. The topological polar surface area (TPSA) is 88.4 Å². The van der Waals surface area contributed by atoms with Gasteiger partial charge >= 0.3 is 5.69 Å². The van der Waals surface area contributed by atoms with Crippen molar-refractivity contribution in [1.29, 1.82) is 0 Å².